The largest absolute Gasteiger partial charge is 0.393 e. The molecule has 1 aromatic rings. The third-order valence-electron chi connectivity index (χ3n) is 4.04. The van der Waals surface area contributed by atoms with Crippen molar-refractivity contribution in [3.05, 3.63) is 35.9 Å². The van der Waals surface area contributed by atoms with Crippen molar-refractivity contribution >= 4 is 0 Å². The first-order valence-electron chi connectivity index (χ1n) is 7.64. The summed E-state index contributed by atoms with van der Waals surface area (Å²) >= 11 is 0. The molecule has 0 spiro atoms. The molecule has 2 nitrogen and oxygen atoms in total. The maximum Gasteiger partial charge on any atom is 0.0541 e. The van der Waals surface area contributed by atoms with Crippen molar-refractivity contribution in [2.45, 2.75) is 64.1 Å². The fraction of sp³-hybridized carbons (Fsp3) is 0.647. The Bertz CT molecular complexity index is 355. The van der Waals surface area contributed by atoms with Crippen LogP contribution in [0.4, 0.5) is 0 Å². The van der Waals surface area contributed by atoms with Gasteiger partial charge in [-0.2, -0.15) is 0 Å². The Morgan fingerprint density at radius 1 is 1.11 bits per heavy atom. The molecule has 1 aromatic carbocycles. The lowest BCUT2D eigenvalue weighted by atomic mass is 9.90. The third kappa shape index (κ3) is 4.63. The van der Waals surface area contributed by atoms with E-state index in [-0.39, 0.29) is 6.10 Å². The van der Waals surface area contributed by atoms with Crippen molar-refractivity contribution < 1.29 is 5.11 Å². The molecule has 0 aromatic heterocycles. The van der Waals surface area contributed by atoms with Crippen LogP contribution in [0.5, 0.6) is 0 Å². The summed E-state index contributed by atoms with van der Waals surface area (Å²) in [6, 6.07) is 11.8. The van der Waals surface area contributed by atoms with Crippen molar-refractivity contribution in [1.29, 1.82) is 0 Å². The summed E-state index contributed by atoms with van der Waals surface area (Å²) in [5.74, 6) is 0.687. The average Bonchev–Trinajstić information content (AvgIpc) is 2.41. The second kappa shape index (κ2) is 7.06. The number of hydrogen-bond acceptors (Lipinski definition) is 2. The highest BCUT2D eigenvalue weighted by Crippen LogP contribution is 2.26. The lowest BCUT2D eigenvalue weighted by Crippen LogP contribution is -2.37. The fourth-order valence-electron chi connectivity index (χ4n) is 2.98. The van der Waals surface area contributed by atoms with Crippen LogP contribution in [0.25, 0.3) is 0 Å². The Morgan fingerprint density at radius 3 is 2.32 bits per heavy atom. The lowest BCUT2D eigenvalue weighted by Gasteiger charge is -2.31. The monoisotopic (exact) mass is 261 g/mol. The van der Waals surface area contributed by atoms with Crippen LogP contribution >= 0.6 is 0 Å². The topological polar surface area (TPSA) is 32.3 Å². The number of benzene rings is 1. The van der Waals surface area contributed by atoms with Crippen LogP contribution in [0.3, 0.4) is 0 Å². The van der Waals surface area contributed by atoms with E-state index < -0.39 is 0 Å². The van der Waals surface area contributed by atoms with Gasteiger partial charge in [-0.15, -0.1) is 0 Å². The van der Waals surface area contributed by atoms with Crippen molar-refractivity contribution in [2.75, 3.05) is 0 Å². The molecule has 0 aliphatic heterocycles. The Balaban J connectivity index is 1.98. The summed E-state index contributed by atoms with van der Waals surface area (Å²) in [6.45, 7) is 4.56. The van der Waals surface area contributed by atoms with Crippen molar-refractivity contribution in [1.82, 2.24) is 5.32 Å². The molecule has 2 N–H and O–H groups in total. The number of aliphatic hydroxyl groups excluding tert-OH is 1. The lowest BCUT2D eigenvalue weighted by molar-refractivity contribution is 0.113. The SMILES string of the molecule is CC(C)CC(NC1CCC(O)CC1)c1ccccc1. The molecule has 2 rings (SSSR count). The highest BCUT2D eigenvalue weighted by molar-refractivity contribution is 5.19. The molecule has 0 bridgehead atoms. The molecule has 0 heterocycles. The maximum atomic E-state index is 9.60. The number of nitrogens with one attached hydrogen (secondary N) is 1. The Morgan fingerprint density at radius 2 is 1.74 bits per heavy atom. The van der Waals surface area contributed by atoms with Crippen LogP contribution in [-0.2, 0) is 0 Å². The quantitative estimate of drug-likeness (QED) is 0.847. The van der Waals surface area contributed by atoms with Gasteiger partial charge in [0, 0.05) is 12.1 Å². The Kier molecular flexibility index (Phi) is 5.41. The molecule has 1 unspecified atom stereocenters. The molecule has 0 amide bonds. The van der Waals surface area contributed by atoms with E-state index in [0.29, 0.717) is 18.0 Å². The highest BCUT2D eigenvalue weighted by Gasteiger charge is 2.23. The zero-order valence-electron chi connectivity index (χ0n) is 12.2. The third-order valence-corrected chi connectivity index (χ3v) is 4.04. The highest BCUT2D eigenvalue weighted by atomic mass is 16.3. The molecule has 1 atom stereocenters. The van der Waals surface area contributed by atoms with Gasteiger partial charge in [-0.3, -0.25) is 0 Å². The molecule has 0 saturated heterocycles. The normalized spacial score (nSPS) is 25.5. The van der Waals surface area contributed by atoms with Crippen LogP contribution in [0.2, 0.25) is 0 Å². The fourth-order valence-corrected chi connectivity index (χ4v) is 2.98. The number of hydrogen-bond donors (Lipinski definition) is 2. The summed E-state index contributed by atoms with van der Waals surface area (Å²) in [5.41, 5.74) is 1.39. The van der Waals surface area contributed by atoms with E-state index in [4.69, 9.17) is 0 Å². The van der Waals surface area contributed by atoms with Gasteiger partial charge in [0.15, 0.2) is 0 Å². The van der Waals surface area contributed by atoms with Gasteiger partial charge in [-0.1, -0.05) is 44.2 Å². The maximum absolute atomic E-state index is 9.60. The second-order valence-corrected chi connectivity index (χ2v) is 6.26. The van der Waals surface area contributed by atoms with Crippen LogP contribution in [0.1, 0.15) is 57.6 Å². The van der Waals surface area contributed by atoms with E-state index in [0.717, 1.165) is 25.7 Å². The van der Waals surface area contributed by atoms with E-state index >= 15 is 0 Å². The van der Waals surface area contributed by atoms with E-state index in [9.17, 15) is 5.11 Å². The van der Waals surface area contributed by atoms with Gasteiger partial charge in [0.1, 0.15) is 0 Å². The standard InChI is InChI=1S/C17H27NO/c1-13(2)12-17(14-6-4-3-5-7-14)18-15-8-10-16(19)11-9-15/h3-7,13,15-19H,8-12H2,1-2H3. The number of aliphatic hydroxyl groups is 1. The van der Waals surface area contributed by atoms with Gasteiger partial charge in [0.05, 0.1) is 6.10 Å². The summed E-state index contributed by atoms with van der Waals surface area (Å²) in [7, 11) is 0. The zero-order chi connectivity index (χ0) is 13.7. The van der Waals surface area contributed by atoms with Gasteiger partial charge >= 0.3 is 0 Å². The predicted octanol–water partition coefficient (Wildman–Crippen LogP) is 3.67. The summed E-state index contributed by atoms with van der Waals surface area (Å²) in [6.07, 6.45) is 5.19. The first-order chi connectivity index (χ1) is 9.15. The molecular weight excluding hydrogens is 234 g/mol. The van der Waals surface area contributed by atoms with E-state index in [2.05, 4.69) is 49.5 Å². The summed E-state index contributed by atoms with van der Waals surface area (Å²) < 4.78 is 0. The van der Waals surface area contributed by atoms with Gasteiger partial charge in [-0.25, -0.2) is 0 Å². The van der Waals surface area contributed by atoms with Gasteiger partial charge < -0.3 is 10.4 Å². The molecule has 19 heavy (non-hydrogen) atoms. The van der Waals surface area contributed by atoms with Gasteiger partial charge in [-0.05, 0) is 43.6 Å². The van der Waals surface area contributed by atoms with Crippen LogP contribution in [0.15, 0.2) is 30.3 Å². The van der Waals surface area contributed by atoms with Crippen molar-refractivity contribution in [2.24, 2.45) is 5.92 Å². The Hall–Kier alpha value is -0.860. The number of rotatable bonds is 5. The first-order valence-corrected chi connectivity index (χ1v) is 7.64. The van der Waals surface area contributed by atoms with Crippen LogP contribution < -0.4 is 5.32 Å². The zero-order valence-corrected chi connectivity index (χ0v) is 12.2. The molecule has 1 aliphatic carbocycles. The minimum Gasteiger partial charge on any atom is -0.393 e. The van der Waals surface area contributed by atoms with Crippen molar-refractivity contribution in [3.8, 4) is 0 Å². The van der Waals surface area contributed by atoms with Crippen LogP contribution in [0, 0.1) is 5.92 Å². The van der Waals surface area contributed by atoms with E-state index in [1.54, 1.807) is 0 Å². The molecule has 106 valence electrons. The molecule has 1 saturated carbocycles. The average molecular weight is 261 g/mol. The summed E-state index contributed by atoms with van der Waals surface area (Å²) in [4.78, 5) is 0. The van der Waals surface area contributed by atoms with Crippen molar-refractivity contribution in [3.63, 3.8) is 0 Å². The first kappa shape index (κ1) is 14.5. The van der Waals surface area contributed by atoms with Gasteiger partial charge in [0.25, 0.3) is 0 Å². The summed E-state index contributed by atoms with van der Waals surface area (Å²) in [5, 5.41) is 13.4. The minimum atomic E-state index is -0.0710. The molecule has 1 fully saturated rings. The van der Waals surface area contributed by atoms with E-state index in [1.165, 1.54) is 12.0 Å². The molecule has 0 radical (unpaired) electrons. The predicted molar refractivity (Wildman–Crippen MR) is 80.0 cm³/mol. The molecule has 2 heteroatoms. The molecule has 1 aliphatic rings. The van der Waals surface area contributed by atoms with E-state index in [1.807, 2.05) is 0 Å². The smallest absolute Gasteiger partial charge is 0.0541 e. The second-order valence-electron chi connectivity index (χ2n) is 6.26. The minimum absolute atomic E-state index is 0.0710. The Labute approximate surface area is 117 Å². The van der Waals surface area contributed by atoms with Gasteiger partial charge in [0.2, 0.25) is 0 Å². The van der Waals surface area contributed by atoms with Crippen LogP contribution in [-0.4, -0.2) is 17.3 Å². The molecular formula is C17H27NO.